The van der Waals surface area contributed by atoms with Crippen molar-refractivity contribution < 1.29 is 13.2 Å². The molecule has 2 atom stereocenters. The Kier molecular flexibility index (Phi) is 6.37. The van der Waals surface area contributed by atoms with Crippen LogP contribution in [0.2, 0.25) is 0 Å². The second-order valence-electron chi connectivity index (χ2n) is 5.56. The summed E-state index contributed by atoms with van der Waals surface area (Å²) in [5, 5.41) is 1.81. The highest BCUT2D eigenvalue weighted by Crippen LogP contribution is 2.18. The zero-order chi connectivity index (χ0) is 16.7. The van der Waals surface area contributed by atoms with Gasteiger partial charge in [-0.1, -0.05) is 38.0 Å². The first kappa shape index (κ1) is 17.7. The molecule has 1 aliphatic heterocycles. The summed E-state index contributed by atoms with van der Waals surface area (Å²) in [6.07, 6.45) is 3.01. The van der Waals surface area contributed by atoms with E-state index in [1.165, 1.54) is 0 Å². The zero-order valence-corrected chi connectivity index (χ0v) is 14.0. The summed E-state index contributed by atoms with van der Waals surface area (Å²) in [6, 6.07) is 8.63. The fraction of sp³-hybridized carbons (Fsp3) is 0.533. The Morgan fingerprint density at radius 2 is 2.00 bits per heavy atom. The lowest BCUT2D eigenvalue weighted by molar-refractivity contribution is -0.124. The third-order valence-electron chi connectivity index (χ3n) is 3.72. The Morgan fingerprint density at radius 3 is 2.70 bits per heavy atom. The summed E-state index contributed by atoms with van der Waals surface area (Å²) in [5.41, 5.74) is 5.93. The quantitative estimate of drug-likeness (QED) is 0.524. The van der Waals surface area contributed by atoms with E-state index in [0.29, 0.717) is 12.2 Å². The predicted octanol–water partition coefficient (Wildman–Crippen LogP) is 0.785. The number of hydrazine groups is 1. The maximum absolute atomic E-state index is 12.5. The van der Waals surface area contributed by atoms with Crippen LogP contribution in [0.25, 0.3) is 0 Å². The van der Waals surface area contributed by atoms with Crippen molar-refractivity contribution >= 4 is 21.6 Å². The topological polar surface area (TPSA) is 99.3 Å². The lowest BCUT2D eigenvalue weighted by Crippen LogP contribution is -2.46. The summed E-state index contributed by atoms with van der Waals surface area (Å²) in [5.74, 6) is -0.917. The van der Waals surface area contributed by atoms with Crippen LogP contribution in [0.1, 0.15) is 26.2 Å². The minimum absolute atomic E-state index is 0.248. The number of amides is 1. The number of carbonyl (C=O) groups is 1. The van der Waals surface area contributed by atoms with Crippen molar-refractivity contribution in [1.29, 1.82) is 0 Å². The highest BCUT2D eigenvalue weighted by molar-refractivity contribution is 7.93. The molecule has 1 saturated heterocycles. The molecule has 8 heteroatoms. The largest absolute Gasteiger partial charge is 0.356 e. The Bertz CT molecular complexity index is 606. The van der Waals surface area contributed by atoms with Crippen LogP contribution < -0.4 is 20.9 Å². The van der Waals surface area contributed by atoms with Crippen molar-refractivity contribution in [3.05, 3.63) is 30.3 Å². The van der Waals surface area contributed by atoms with Gasteiger partial charge in [0, 0.05) is 18.8 Å². The molecule has 1 aromatic carbocycles. The van der Waals surface area contributed by atoms with E-state index in [0.717, 1.165) is 19.3 Å². The molecule has 4 N–H and O–H groups in total. The van der Waals surface area contributed by atoms with Crippen molar-refractivity contribution in [2.45, 2.75) is 31.6 Å². The van der Waals surface area contributed by atoms with Gasteiger partial charge in [0.25, 0.3) is 10.0 Å². The van der Waals surface area contributed by atoms with Gasteiger partial charge in [-0.25, -0.2) is 13.8 Å². The molecular formula is C15H24N4O3S. The summed E-state index contributed by atoms with van der Waals surface area (Å²) < 4.78 is 27.5. The van der Waals surface area contributed by atoms with E-state index in [9.17, 15) is 13.2 Å². The maximum Gasteiger partial charge on any atom is 0.250 e. The van der Waals surface area contributed by atoms with Gasteiger partial charge in [-0.3, -0.25) is 14.9 Å². The van der Waals surface area contributed by atoms with Crippen molar-refractivity contribution in [3.63, 3.8) is 0 Å². The summed E-state index contributed by atoms with van der Waals surface area (Å²) in [6.45, 7) is 2.94. The Morgan fingerprint density at radius 1 is 1.26 bits per heavy atom. The molecule has 23 heavy (non-hydrogen) atoms. The van der Waals surface area contributed by atoms with Crippen molar-refractivity contribution in [3.8, 4) is 0 Å². The second-order valence-corrected chi connectivity index (χ2v) is 7.37. The molecule has 1 aliphatic rings. The first-order valence-electron chi connectivity index (χ1n) is 7.87. The van der Waals surface area contributed by atoms with Crippen LogP contribution in [0.4, 0.5) is 5.69 Å². The van der Waals surface area contributed by atoms with Gasteiger partial charge in [0.15, 0.2) is 5.37 Å². The molecule has 0 spiro atoms. The Hall–Kier alpha value is -1.64. The first-order chi connectivity index (χ1) is 11.0. The number of nitrogens with one attached hydrogen (secondary N) is 4. The monoisotopic (exact) mass is 340 g/mol. The van der Waals surface area contributed by atoms with Gasteiger partial charge in [0.2, 0.25) is 5.91 Å². The Balaban J connectivity index is 1.98. The van der Waals surface area contributed by atoms with Crippen LogP contribution in [-0.4, -0.2) is 32.8 Å². The third kappa shape index (κ3) is 4.92. The smallest absolute Gasteiger partial charge is 0.250 e. The molecule has 2 rings (SSSR count). The standard InChI is InChI=1S/C15H24N4O3S/c1-2-3-7-10-16-14(20)13-11-17-18-15(13)23(21,22)19-12-8-5-4-6-9-12/h4-6,8-9,13,15,17-19H,2-3,7,10-11H2,1H3,(H,16,20). The van der Waals surface area contributed by atoms with Gasteiger partial charge in [0.1, 0.15) is 0 Å². The van der Waals surface area contributed by atoms with E-state index >= 15 is 0 Å². The van der Waals surface area contributed by atoms with Crippen LogP contribution in [0, 0.1) is 5.92 Å². The molecule has 1 amide bonds. The molecule has 0 saturated carbocycles. The van der Waals surface area contributed by atoms with Gasteiger partial charge in [-0.15, -0.1) is 0 Å². The van der Waals surface area contributed by atoms with Crippen LogP contribution in [0.3, 0.4) is 0 Å². The van der Waals surface area contributed by atoms with E-state index in [-0.39, 0.29) is 12.5 Å². The van der Waals surface area contributed by atoms with Crippen LogP contribution >= 0.6 is 0 Å². The number of hydrogen-bond acceptors (Lipinski definition) is 5. The third-order valence-corrected chi connectivity index (χ3v) is 5.35. The zero-order valence-electron chi connectivity index (χ0n) is 13.2. The number of anilines is 1. The van der Waals surface area contributed by atoms with E-state index in [1.807, 2.05) is 0 Å². The number of benzene rings is 1. The van der Waals surface area contributed by atoms with Gasteiger partial charge < -0.3 is 5.32 Å². The van der Waals surface area contributed by atoms with Crippen LogP contribution in [0.15, 0.2) is 30.3 Å². The summed E-state index contributed by atoms with van der Waals surface area (Å²) >= 11 is 0. The minimum atomic E-state index is -3.73. The molecule has 0 bridgehead atoms. The number of para-hydroxylation sites is 1. The molecule has 1 fully saturated rings. The second kappa shape index (κ2) is 8.28. The number of rotatable bonds is 8. The number of hydrogen-bond donors (Lipinski definition) is 4. The minimum Gasteiger partial charge on any atom is -0.356 e. The molecule has 1 aromatic rings. The molecule has 128 valence electrons. The van der Waals surface area contributed by atoms with Gasteiger partial charge in [-0.05, 0) is 18.6 Å². The molecule has 0 aromatic heterocycles. The molecular weight excluding hydrogens is 316 g/mol. The molecule has 0 radical (unpaired) electrons. The molecule has 7 nitrogen and oxygen atoms in total. The maximum atomic E-state index is 12.5. The highest BCUT2D eigenvalue weighted by atomic mass is 32.2. The van der Waals surface area contributed by atoms with Gasteiger partial charge in [0.05, 0.1) is 5.92 Å². The van der Waals surface area contributed by atoms with E-state index in [1.54, 1.807) is 30.3 Å². The van der Waals surface area contributed by atoms with Gasteiger partial charge >= 0.3 is 0 Å². The average Bonchev–Trinajstić information content (AvgIpc) is 3.02. The normalized spacial score (nSPS) is 21.1. The fourth-order valence-corrected chi connectivity index (χ4v) is 3.94. The SMILES string of the molecule is CCCCCNC(=O)C1CNNC1S(=O)(=O)Nc1ccccc1. The summed E-state index contributed by atoms with van der Waals surface area (Å²) in [4.78, 5) is 12.2. The van der Waals surface area contributed by atoms with Crippen molar-refractivity contribution in [2.75, 3.05) is 17.8 Å². The highest BCUT2D eigenvalue weighted by Gasteiger charge is 2.41. The van der Waals surface area contributed by atoms with Crippen LogP contribution in [0.5, 0.6) is 0 Å². The number of sulfonamides is 1. The predicted molar refractivity (Wildman–Crippen MR) is 89.9 cm³/mol. The van der Waals surface area contributed by atoms with E-state index in [4.69, 9.17) is 0 Å². The number of carbonyl (C=O) groups excluding carboxylic acids is 1. The van der Waals surface area contributed by atoms with Gasteiger partial charge in [-0.2, -0.15) is 0 Å². The van der Waals surface area contributed by atoms with Crippen molar-refractivity contribution in [2.24, 2.45) is 5.92 Å². The lowest BCUT2D eigenvalue weighted by Gasteiger charge is -2.19. The molecule has 2 unspecified atom stereocenters. The van der Waals surface area contributed by atoms with E-state index < -0.39 is 21.3 Å². The van der Waals surface area contributed by atoms with Crippen LogP contribution in [-0.2, 0) is 14.8 Å². The number of unbranched alkanes of at least 4 members (excludes halogenated alkanes) is 2. The first-order valence-corrected chi connectivity index (χ1v) is 9.42. The van der Waals surface area contributed by atoms with Crippen molar-refractivity contribution in [1.82, 2.24) is 16.2 Å². The summed E-state index contributed by atoms with van der Waals surface area (Å²) in [7, 11) is -3.73. The van der Waals surface area contributed by atoms with E-state index in [2.05, 4.69) is 27.8 Å². The molecule has 0 aliphatic carbocycles. The molecule has 1 heterocycles. The average molecular weight is 340 g/mol. The Labute approximate surface area is 137 Å². The lowest BCUT2D eigenvalue weighted by atomic mass is 10.1. The fourth-order valence-electron chi connectivity index (χ4n) is 2.45.